The predicted molar refractivity (Wildman–Crippen MR) is 88.6 cm³/mol. The number of hydrogen-bond donors (Lipinski definition) is 2. The molecule has 0 fully saturated rings. The van der Waals surface area contributed by atoms with Gasteiger partial charge < -0.3 is 14.8 Å². The first-order valence-corrected chi connectivity index (χ1v) is 7.88. The average Bonchev–Trinajstić information content (AvgIpc) is 2.88. The van der Waals surface area contributed by atoms with Crippen molar-refractivity contribution in [1.82, 2.24) is 10.2 Å². The monoisotopic (exact) mass is 335 g/mol. The zero-order valence-electron chi connectivity index (χ0n) is 13.0. The van der Waals surface area contributed by atoms with Crippen molar-refractivity contribution in [3.05, 3.63) is 44.8 Å². The Bertz CT molecular complexity index is 776. The smallest absolute Gasteiger partial charge is 0.285 e. The number of aromatic nitrogens is 2. The highest BCUT2D eigenvalue weighted by Crippen LogP contribution is 2.35. The predicted octanol–water partition coefficient (Wildman–Crippen LogP) is 2.76. The zero-order valence-corrected chi connectivity index (χ0v) is 13.7. The molecule has 0 spiro atoms. The molecule has 6 nitrogen and oxygen atoms in total. The van der Waals surface area contributed by atoms with E-state index in [1.807, 2.05) is 26.0 Å². The molecule has 3 rings (SSSR count). The molecule has 0 bridgehead atoms. The Labute approximate surface area is 138 Å². The molecule has 1 aromatic heterocycles. The molecule has 23 heavy (non-hydrogen) atoms. The third-order valence-corrected chi connectivity index (χ3v) is 4.02. The Kier molecular flexibility index (Phi) is 4.43. The van der Waals surface area contributed by atoms with Crippen LogP contribution in [0.3, 0.4) is 0 Å². The van der Waals surface area contributed by atoms with Crippen LogP contribution in [0.1, 0.15) is 25.0 Å². The average molecular weight is 336 g/mol. The largest absolute Gasteiger partial charge is 0.494 e. The fourth-order valence-electron chi connectivity index (χ4n) is 2.61. The molecule has 0 saturated heterocycles. The summed E-state index contributed by atoms with van der Waals surface area (Å²) in [4.78, 5) is 11.5. The molecule has 1 atom stereocenters. The van der Waals surface area contributed by atoms with Gasteiger partial charge in [-0.25, -0.2) is 5.10 Å². The lowest BCUT2D eigenvalue weighted by molar-refractivity contribution is 0.254. The van der Waals surface area contributed by atoms with Gasteiger partial charge in [0.15, 0.2) is 0 Å². The Morgan fingerprint density at radius 2 is 2.35 bits per heavy atom. The number of fused-ring (bicyclic) bond motifs is 1. The summed E-state index contributed by atoms with van der Waals surface area (Å²) in [5.74, 6) is 1.69. The van der Waals surface area contributed by atoms with Crippen LogP contribution >= 0.6 is 11.6 Å². The van der Waals surface area contributed by atoms with E-state index >= 15 is 0 Å². The van der Waals surface area contributed by atoms with Crippen LogP contribution in [0.15, 0.2) is 23.1 Å². The molecule has 0 amide bonds. The summed E-state index contributed by atoms with van der Waals surface area (Å²) < 4.78 is 11.5. The van der Waals surface area contributed by atoms with Gasteiger partial charge in [0.05, 0.1) is 18.5 Å². The molecule has 1 aliphatic rings. The van der Waals surface area contributed by atoms with Crippen molar-refractivity contribution in [3.8, 4) is 11.5 Å². The van der Waals surface area contributed by atoms with E-state index in [9.17, 15) is 4.79 Å². The molecule has 0 aliphatic carbocycles. The lowest BCUT2D eigenvalue weighted by Crippen LogP contribution is -2.12. The van der Waals surface area contributed by atoms with Crippen LogP contribution in [0, 0.1) is 0 Å². The first-order chi connectivity index (χ1) is 11.1. The van der Waals surface area contributed by atoms with Crippen LogP contribution in [-0.4, -0.2) is 22.9 Å². The fraction of sp³-hybridized carbons (Fsp3) is 0.375. The van der Waals surface area contributed by atoms with Crippen molar-refractivity contribution in [3.63, 3.8) is 0 Å². The highest BCUT2D eigenvalue weighted by Gasteiger charge is 2.22. The maximum Gasteiger partial charge on any atom is 0.285 e. The summed E-state index contributed by atoms with van der Waals surface area (Å²) >= 11 is 5.97. The van der Waals surface area contributed by atoms with Crippen molar-refractivity contribution in [2.75, 3.05) is 11.9 Å². The Balaban J connectivity index is 1.85. The number of aromatic amines is 1. The van der Waals surface area contributed by atoms with Gasteiger partial charge in [-0.15, -0.1) is 0 Å². The Morgan fingerprint density at radius 1 is 1.52 bits per heavy atom. The first kappa shape index (κ1) is 15.7. The molecule has 0 radical (unpaired) electrons. The minimum absolute atomic E-state index is 0.0870. The summed E-state index contributed by atoms with van der Waals surface area (Å²) in [5.41, 5.74) is 2.15. The molecule has 2 N–H and O–H groups in total. The SMILES string of the molecule is CCOc1cc2c(cc1CNc1cn[nH]c(=O)c1Cl)O[C@H](C)C2. The topological polar surface area (TPSA) is 76.2 Å². The molecular weight excluding hydrogens is 318 g/mol. The number of rotatable bonds is 5. The second-order valence-electron chi connectivity index (χ2n) is 5.41. The Hall–Kier alpha value is -2.21. The van der Waals surface area contributed by atoms with Crippen LogP contribution in [0.25, 0.3) is 0 Å². The number of H-pyrrole nitrogens is 1. The first-order valence-electron chi connectivity index (χ1n) is 7.50. The van der Waals surface area contributed by atoms with Gasteiger partial charge in [0.2, 0.25) is 0 Å². The van der Waals surface area contributed by atoms with Gasteiger partial charge in [0, 0.05) is 24.1 Å². The fourth-order valence-corrected chi connectivity index (χ4v) is 2.76. The lowest BCUT2D eigenvalue weighted by atomic mass is 10.1. The van der Waals surface area contributed by atoms with Crippen molar-refractivity contribution in [2.45, 2.75) is 32.9 Å². The molecule has 2 heterocycles. The number of halogens is 1. The van der Waals surface area contributed by atoms with Gasteiger partial charge in [0.25, 0.3) is 5.56 Å². The minimum atomic E-state index is -0.423. The maximum absolute atomic E-state index is 11.5. The van der Waals surface area contributed by atoms with Gasteiger partial charge in [0.1, 0.15) is 22.6 Å². The molecule has 1 aliphatic heterocycles. The van der Waals surface area contributed by atoms with Crippen LogP contribution in [-0.2, 0) is 13.0 Å². The lowest BCUT2D eigenvalue weighted by Gasteiger charge is -2.14. The highest BCUT2D eigenvalue weighted by atomic mass is 35.5. The van der Waals surface area contributed by atoms with Gasteiger partial charge in [-0.05, 0) is 26.0 Å². The molecule has 0 saturated carbocycles. The second-order valence-corrected chi connectivity index (χ2v) is 5.79. The number of nitrogens with one attached hydrogen (secondary N) is 2. The van der Waals surface area contributed by atoms with Gasteiger partial charge >= 0.3 is 0 Å². The van der Waals surface area contributed by atoms with Crippen molar-refractivity contribution >= 4 is 17.3 Å². The van der Waals surface area contributed by atoms with E-state index in [0.29, 0.717) is 18.8 Å². The number of anilines is 1. The molecule has 122 valence electrons. The number of ether oxygens (including phenoxy) is 2. The van der Waals surface area contributed by atoms with Crippen molar-refractivity contribution in [2.24, 2.45) is 0 Å². The number of hydrogen-bond acceptors (Lipinski definition) is 5. The normalized spacial score (nSPS) is 15.9. The van der Waals surface area contributed by atoms with E-state index in [0.717, 1.165) is 29.0 Å². The molecule has 2 aromatic rings. The quantitative estimate of drug-likeness (QED) is 0.878. The van der Waals surface area contributed by atoms with Crippen molar-refractivity contribution < 1.29 is 9.47 Å². The van der Waals surface area contributed by atoms with E-state index in [1.54, 1.807) is 0 Å². The van der Waals surface area contributed by atoms with Gasteiger partial charge in [-0.3, -0.25) is 4.79 Å². The van der Waals surface area contributed by atoms with Crippen LogP contribution < -0.4 is 20.3 Å². The maximum atomic E-state index is 11.5. The van der Waals surface area contributed by atoms with E-state index < -0.39 is 5.56 Å². The second kappa shape index (κ2) is 6.50. The minimum Gasteiger partial charge on any atom is -0.494 e. The van der Waals surface area contributed by atoms with Crippen LogP contribution in [0.5, 0.6) is 11.5 Å². The summed E-state index contributed by atoms with van der Waals surface area (Å²) in [7, 11) is 0. The summed E-state index contributed by atoms with van der Waals surface area (Å²) in [6.45, 7) is 5.02. The summed E-state index contributed by atoms with van der Waals surface area (Å²) in [6, 6.07) is 4.00. The third kappa shape index (κ3) is 3.27. The van der Waals surface area contributed by atoms with E-state index in [2.05, 4.69) is 15.5 Å². The van der Waals surface area contributed by atoms with Crippen molar-refractivity contribution in [1.29, 1.82) is 0 Å². The summed E-state index contributed by atoms with van der Waals surface area (Å²) in [5, 5.41) is 9.24. The van der Waals surface area contributed by atoms with E-state index in [1.165, 1.54) is 6.20 Å². The van der Waals surface area contributed by atoms with Gasteiger partial charge in [-0.2, -0.15) is 5.10 Å². The molecule has 1 aromatic carbocycles. The Morgan fingerprint density at radius 3 is 3.13 bits per heavy atom. The van der Waals surface area contributed by atoms with Gasteiger partial charge in [-0.1, -0.05) is 11.6 Å². The number of benzene rings is 1. The van der Waals surface area contributed by atoms with E-state index in [4.69, 9.17) is 21.1 Å². The number of nitrogens with zero attached hydrogens (tertiary/aromatic N) is 1. The molecule has 7 heteroatoms. The standard InChI is InChI=1S/C16H18ClN3O3/c1-3-22-13-5-10-4-9(2)23-14(10)6-11(13)7-18-12-8-19-20-16(21)15(12)17/h5-6,8-9H,3-4,7H2,1-2H3,(H2,18,20,21)/t9-/m1/s1. The van der Waals surface area contributed by atoms with E-state index in [-0.39, 0.29) is 11.1 Å². The zero-order chi connectivity index (χ0) is 16.4. The van der Waals surface area contributed by atoms with Crippen LogP contribution in [0.4, 0.5) is 5.69 Å². The third-order valence-electron chi connectivity index (χ3n) is 3.64. The molecule has 0 unspecified atom stereocenters. The van der Waals surface area contributed by atoms with Crippen LogP contribution in [0.2, 0.25) is 5.02 Å². The highest BCUT2D eigenvalue weighted by molar-refractivity contribution is 6.32. The summed E-state index contributed by atoms with van der Waals surface area (Å²) in [6.07, 6.45) is 2.54. The molecular formula is C16H18ClN3O3.